The summed E-state index contributed by atoms with van der Waals surface area (Å²) in [6, 6.07) is 12.2. The predicted octanol–water partition coefficient (Wildman–Crippen LogP) is 4.18. The van der Waals surface area contributed by atoms with Gasteiger partial charge < -0.3 is 0 Å². The third-order valence-electron chi connectivity index (χ3n) is 3.22. The molecule has 0 aliphatic rings. The fourth-order valence-corrected chi connectivity index (χ4v) is 3.22. The molecule has 1 aromatic carbocycles. The molecule has 0 bridgehead atoms. The van der Waals surface area contributed by atoms with Gasteiger partial charge in [0.15, 0.2) is 0 Å². The highest BCUT2D eigenvalue weighted by molar-refractivity contribution is 9.10. The van der Waals surface area contributed by atoms with Crippen LogP contribution in [0, 0.1) is 0 Å². The second-order valence-corrected chi connectivity index (χ2v) is 9.09. The van der Waals surface area contributed by atoms with E-state index in [0.29, 0.717) is 0 Å². The number of pyridine rings is 1. The average Bonchev–Trinajstić information content (AvgIpc) is 2.46. The van der Waals surface area contributed by atoms with E-state index >= 15 is 0 Å². The minimum absolute atomic E-state index is 0.0486. The topological polar surface area (TPSA) is 42.0 Å². The number of hydrogen-bond donors (Lipinski definition) is 1. The molecule has 2 atom stereocenters. The van der Waals surface area contributed by atoms with Gasteiger partial charge in [0.1, 0.15) is 0 Å². The van der Waals surface area contributed by atoms with E-state index in [9.17, 15) is 4.21 Å². The standard InChI is InChI=1S/C17H21BrN2OS/c1-17(2,3)22(21)20-16(9-13-7-5-4-6-8-13)14-10-15(18)12-19-11-14/h4-8,10-12,16,20H,9H2,1-3H3/t16-,22?/m0/s1. The highest BCUT2D eigenvalue weighted by Crippen LogP contribution is 2.23. The first-order chi connectivity index (χ1) is 10.4. The van der Waals surface area contributed by atoms with Crippen molar-refractivity contribution in [3.05, 3.63) is 64.4 Å². The minimum atomic E-state index is -1.14. The van der Waals surface area contributed by atoms with Crippen LogP contribution in [0.3, 0.4) is 0 Å². The Balaban J connectivity index is 2.26. The number of nitrogens with one attached hydrogen (secondary N) is 1. The molecule has 3 nitrogen and oxygen atoms in total. The Hall–Kier alpha value is -1.04. The average molecular weight is 381 g/mol. The Bertz CT molecular complexity index is 641. The van der Waals surface area contributed by atoms with Crippen LogP contribution < -0.4 is 4.72 Å². The van der Waals surface area contributed by atoms with Crippen molar-refractivity contribution in [3.63, 3.8) is 0 Å². The highest BCUT2D eigenvalue weighted by Gasteiger charge is 2.24. The molecule has 0 aliphatic carbocycles. The summed E-state index contributed by atoms with van der Waals surface area (Å²) in [5.41, 5.74) is 2.22. The zero-order valence-corrected chi connectivity index (χ0v) is 15.4. The molecule has 0 aliphatic heterocycles. The van der Waals surface area contributed by atoms with Crippen LogP contribution in [0.2, 0.25) is 0 Å². The molecule has 1 heterocycles. The molecular weight excluding hydrogens is 360 g/mol. The maximum Gasteiger partial charge on any atom is 0.0976 e. The van der Waals surface area contributed by atoms with Crippen molar-refractivity contribution in [2.45, 2.75) is 38.0 Å². The van der Waals surface area contributed by atoms with E-state index in [1.165, 1.54) is 5.56 Å². The van der Waals surface area contributed by atoms with E-state index in [0.717, 1.165) is 16.5 Å². The van der Waals surface area contributed by atoms with Crippen molar-refractivity contribution >= 4 is 26.9 Å². The second-order valence-electron chi connectivity index (χ2n) is 6.18. The lowest BCUT2D eigenvalue weighted by atomic mass is 10.0. The molecule has 118 valence electrons. The Morgan fingerprint density at radius 1 is 1.23 bits per heavy atom. The molecule has 2 aromatic rings. The molecule has 1 aromatic heterocycles. The molecule has 0 amide bonds. The number of halogens is 1. The van der Waals surface area contributed by atoms with Crippen LogP contribution in [0.4, 0.5) is 0 Å². The summed E-state index contributed by atoms with van der Waals surface area (Å²) in [6.07, 6.45) is 4.34. The number of rotatable bonds is 5. The lowest BCUT2D eigenvalue weighted by Crippen LogP contribution is -2.36. The smallest absolute Gasteiger partial charge is 0.0976 e. The van der Waals surface area contributed by atoms with Crippen LogP contribution >= 0.6 is 15.9 Å². The summed E-state index contributed by atoms with van der Waals surface area (Å²) in [7, 11) is -1.14. The zero-order chi connectivity index (χ0) is 16.2. The van der Waals surface area contributed by atoms with Crippen molar-refractivity contribution < 1.29 is 4.21 Å². The third-order valence-corrected chi connectivity index (χ3v) is 5.26. The SMILES string of the molecule is CC(C)(C)S(=O)N[C@@H](Cc1ccccc1)c1cncc(Br)c1. The Labute approximate surface area is 143 Å². The van der Waals surface area contributed by atoms with Crippen molar-refractivity contribution in [1.29, 1.82) is 0 Å². The first kappa shape index (κ1) is 17.3. The first-order valence-corrected chi connectivity index (χ1v) is 9.13. The van der Waals surface area contributed by atoms with E-state index in [2.05, 4.69) is 37.8 Å². The molecule has 22 heavy (non-hydrogen) atoms. The zero-order valence-electron chi connectivity index (χ0n) is 13.0. The molecular formula is C17H21BrN2OS. The summed E-state index contributed by atoms with van der Waals surface area (Å²) in [4.78, 5) is 4.23. The Morgan fingerprint density at radius 3 is 2.50 bits per heavy atom. The van der Waals surface area contributed by atoms with Gasteiger partial charge in [-0.05, 0) is 60.3 Å². The summed E-state index contributed by atoms with van der Waals surface area (Å²) in [5, 5.41) is 0. The van der Waals surface area contributed by atoms with Gasteiger partial charge in [-0.3, -0.25) is 4.98 Å². The fraction of sp³-hybridized carbons (Fsp3) is 0.353. The van der Waals surface area contributed by atoms with Crippen LogP contribution in [0.1, 0.15) is 37.9 Å². The second kappa shape index (κ2) is 7.49. The van der Waals surface area contributed by atoms with Crippen molar-refractivity contribution in [3.8, 4) is 0 Å². The van der Waals surface area contributed by atoms with E-state index in [4.69, 9.17) is 0 Å². The van der Waals surface area contributed by atoms with Crippen LogP contribution in [0.5, 0.6) is 0 Å². The quantitative estimate of drug-likeness (QED) is 0.844. The summed E-state index contributed by atoms with van der Waals surface area (Å²) < 4.78 is 16.4. The van der Waals surface area contributed by atoms with Gasteiger partial charge in [-0.25, -0.2) is 8.93 Å². The number of hydrogen-bond acceptors (Lipinski definition) is 2. The largest absolute Gasteiger partial charge is 0.263 e. The van der Waals surface area contributed by atoms with Gasteiger partial charge in [0.05, 0.1) is 15.7 Å². The molecule has 5 heteroatoms. The number of aromatic nitrogens is 1. The van der Waals surface area contributed by atoms with E-state index in [1.807, 2.05) is 51.2 Å². The van der Waals surface area contributed by atoms with Crippen molar-refractivity contribution in [2.75, 3.05) is 0 Å². The van der Waals surface area contributed by atoms with Gasteiger partial charge in [-0.15, -0.1) is 0 Å². The first-order valence-electron chi connectivity index (χ1n) is 7.18. The lowest BCUT2D eigenvalue weighted by molar-refractivity contribution is 0.595. The van der Waals surface area contributed by atoms with Crippen LogP contribution in [-0.2, 0) is 17.4 Å². The number of nitrogens with zero attached hydrogens (tertiary/aromatic N) is 1. The Kier molecular flexibility index (Phi) is 5.89. The van der Waals surface area contributed by atoms with Gasteiger partial charge >= 0.3 is 0 Å². The number of benzene rings is 1. The van der Waals surface area contributed by atoms with E-state index < -0.39 is 11.0 Å². The molecule has 2 rings (SSSR count). The highest BCUT2D eigenvalue weighted by atomic mass is 79.9. The summed E-state index contributed by atoms with van der Waals surface area (Å²) in [6.45, 7) is 5.90. The van der Waals surface area contributed by atoms with Crippen LogP contribution in [0.15, 0.2) is 53.3 Å². The lowest BCUT2D eigenvalue weighted by Gasteiger charge is -2.24. The molecule has 0 fully saturated rings. The molecule has 1 N–H and O–H groups in total. The maximum absolute atomic E-state index is 12.5. The monoisotopic (exact) mass is 380 g/mol. The van der Waals surface area contributed by atoms with Gasteiger partial charge in [0.2, 0.25) is 0 Å². The predicted molar refractivity (Wildman–Crippen MR) is 95.9 cm³/mol. The Morgan fingerprint density at radius 2 is 1.91 bits per heavy atom. The van der Waals surface area contributed by atoms with E-state index in [1.54, 1.807) is 6.20 Å². The van der Waals surface area contributed by atoms with E-state index in [-0.39, 0.29) is 10.8 Å². The van der Waals surface area contributed by atoms with Gasteiger partial charge in [-0.1, -0.05) is 30.3 Å². The normalized spacial score (nSPS) is 14.5. The van der Waals surface area contributed by atoms with Gasteiger partial charge in [-0.2, -0.15) is 0 Å². The minimum Gasteiger partial charge on any atom is -0.263 e. The van der Waals surface area contributed by atoms with Crippen molar-refractivity contribution in [2.24, 2.45) is 0 Å². The van der Waals surface area contributed by atoms with Crippen LogP contribution in [-0.4, -0.2) is 13.9 Å². The van der Waals surface area contributed by atoms with Gasteiger partial charge in [0.25, 0.3) is 0 Å². The molecule has 0 radical (unpaired) electrons. The fourth-order valence-electron chi connectivity index (χ4n) is 2.00. The third kappa shape index (κ3) is 5.00. The maximum atomic E-state index is 12.5. The molecule has 1 unspecified atom stereocenters. The summed E-state index contributed by atoms with van der Waals surface area (Å²) in [5.74, 6) is 0. The summed E-state index contributed by atoms with van der Waals surface area (Å²) >= 11 is 3.46. The molecule has 0 saturated heterocycles. The van der Waals surface area contributed by atoms with Gasteiger partial charge in [0, 0.05) is 22.9 Å². The molecule has 0 spiro atoms. The van der Waals surface area contributed by atoms with Crippen molar-refractivity contribution in [1.82, 2.24) is 9.71 Å². The van der Waals surface area contributed by atoms with Crippen LogP contribution in [0.25, 0.3) is 0 Å². The molecule has 0 saturated carbocycles.